The highest BCUT2D eigenvalue weighted by Crippen LogP contribution is 2.15. The van der Waals surface area contributed by atoms with Crippen LogP contribution in [0.4, 0.5) is 0 Å². The van der Waals surface area contributed by atoms with Gasteiger partial charge in [-0.25, -0.2) is 0 Å². The number of hydrogen-bond acceptors (Lipinski definition) is 2. The Balaban J connectivity index is 1.84. The van der Waals surface area contributed by atoms with Crippen LogP contribution < -0.4 is 10.1 Å². The Labute approximate surface area is 115 Å². The van der Waals surface area contributed by atoms with E-state index in [0.29, 0.717) is 6.61 Å². The van der Waals surface area contributed by atoms with Gasteiger partial charge >= 0.3 is 0 Å². The highest BCUT2D eigenvalue weighted by Gasteiger charge is 1.97. The van der Waals surface area contributed by atoms with Gasteiger partial charge in [0.05, 0.1) is 0 Å². The SMILES string of the molecule is [CH2]CNCCOc1ccc(Cc2ccccc2)cc1. The molecule has 99 valence electrons. The van der Waals surface area contributed by atoms with E-state index >= 15 is 0 Å². The van der Waals surface area contributed by atoms with Crippen molar-refractivity contribution in [2.24, 2.45) is 0 Å². The van der Waals surface area contributed by atoms with E-state index in [1.165, 1.54) is 11.1 Å². The Morgan fingerprint density at radius 2 is 1.58 bits per heavy atom. The third-order valence-electron chi connectivity index (χ3n) is 2.90. The molecule has 0 aliphatic rings. The summed E-state index contributed by atoms with van der Waals surface area (Å²) in [7, 11) is 0. The van der Waals surface area contributed by atoms with Crippen molar-refractivity contribution in [1.29, 1.82) is 0 Å². The molecule has 0 amide bonds. The van der Waals surface area contributed by atoms with Crippen LogP contribution >= 0.6 is 0 Å². The molecule has 0 unspecified atom stereocenters. The second kappa shape index (κ2) is 7.59. The van der Waals surface area contributed by atoms with Crippen molar-refractivity contribution in [3.05, 3.63) is 72.6 Å². The second-order valence-electron chi connectivity index (χ2n) is 4.40. The fourth-order valence-corrected chi connectivity index (χ4v) is 1.90. The number of hydrogen-bond donors (Lipinski definition) is 1. The maximum Gasteiger partial charge on any atom is 0.119 e. The van der Waals surface area contributed by atoms with E-state index in [4.69, 9.17) is 4.74 Å². The van der Waals surface area contributed by atoms with Crippen LogP contribution in [-0.4, -0.2) is 19.7 Å². The molecule has 0 atom stereocenters. The van der Waals surface area contributed by atoms with Gasteiger partial charge in [-0.1, -0.05) is 42.5 Å². The summed E-state index contributed by atoms with van der Waals surface area (Å²) in [5.41, 5.74) is 2.63. The summed E-state index contributed by atoms with van der Waals surface area (Å²) in [6.45, 7) is 5.95. The largest absolute Gasteiger partial charge is 0.492 e. The average Bonchev–Trinajstić information content (AvgIpc) is 2.46. The van der Waals surface area contributed by atoms with Gasteiger partial charge in [-0.3, -0.25) is 0 Å². The van der Waals surface area contributed by atoms with E-state index in [0.717, 1.165) is 25.3 Å². The average molecular weight is 254 g/mol. The summed E-state index contributed by atoms with van der Waals surface area (Å²) in [6.07, 6.45) is 0.962. The van der Waals surface area contributed by atoms with Crippen molar-refractivity contribution < 1.29 is 4.74 Å². The summed E-state index contributed by atoms with van der Waals surface area (Å²) >= 11 is 0. The lowest BCUT2D eigenvalue weighted by molar-refractivity contribution is 0.316. The summed E-state index contributed by atoms with van der Waals surface area (Å²) < 4.78 is 5.62. The molecule has 0 aliphatic carbocycles. The summed E-state index contributed by atoms with van der Waals surface area (Å²) in [5, 5.41) is 3.13. The van der Waals surface area contributed by atoms with Crippen molar-refractivity contribution in [2.75, 3.05) is 19.7 Å². The van der Waals surface area contributed by atoms with Gasteiger partial charge in [-0.15, -0.1) is 0 Å². The van der Waals surface area contributed by atoms with E-state index in [1.54, 1.807) is 0 Å². The van der Waals surface area contributed by atoms with Gasteiger partial charge in [0.15, 0.2) is 0 Å². The van der Waals surface area contributed by atoms with Crippen LogP contribution in [0, 0.1) is 6.92 Å². The second-order valence-corrected chi connectivity index (χ2v) is 4.40. The smallest absolute Gasteiger partial charge is 0.119 e. The molecular weight excluding hydrogens is 234 g/mol. The predicted octanol–water partition coefficient (Wildman–Crippen LogP) is 3.08. The van der Waals surface area contributed by atoms with E-state index in [9.17, 15) is 0 Å². The van der Waals surface area contributed by atoms with Crippen molar-refractivity contribution in [3.8, 4) is 5.75 Å². The van der Waals surface area contributed by atoms with Gasteiger partial charge in [0, 0.05) is 6.54 Å². The third-order valence-corrected chi connectivity index (χ3v) is 2.90. The van der Waals surface area contributed by atoms with Crippen molar-refractivity contribution in [1.82, 2.24) is 5.32 Å². The molecule has 0 fully saturated rings. The Morgan fingerprint density at radius 1 is 0.895 bits per heavy atom. The molecule has 0 aliphatic heterocycles. The van der Waals surface area contributed by atoms with Gasteiger partial charge in [0.1, 0.15) is 12.4 Å². The molecular formula is C17H20NO. The first-order valence-corrected chi connectivity index (χ1v) is 6.64. The summed E-state index contributed by atoms with van der Waals surface area (Å²) in [6, 6.07) is 18.8. The molecule has 2 heteroatoms. The predicted molar refractivity (Wildman–Crippen MR) is 79.4 cm³/mol. The van der Waals surface area contributed by atoms with Crippen molar-refractivity contribution in [3.63, 3.8) is 0 Å². The number of nitrogens with one attached hydrogen (secondary N) is 1. The lowest BCUT2D eigenvalue weighted by Gasteiger charge is -2.07. The van der Waals surface area contributed by atoms with Crippen LogP contribution in [0.5, 0.6) is 5.75 Å². The van der Waals surface area contributed by atoms with Crippen LogP contribution in [0.2, 0.25) is 0 Å². The lowest BCUT2D eigenvalue weighted by atomic mass is 10.1. The standard InChI is InChI=1S/C17H20NO/c1-2-18-12-13-19-17-10-8-16(9-11-17)14-15-6-4-3-5-7-15/h3-11,18H,1-2,12-14H2. The van der Waals surface area contributed by atoms with Crippen LogP contribution in [0.1, 0.15) is 11.1 Å². The number of rotatable bonds is 7. The Hall–Kier alpha value is -1.80. The van der Waals surface area contributed by atoms with Crippen LogP contribution in [-0.2, 0) is 6.42 Å². The molecule has 2 nitrogen and oxygen atoms in total. The zero-order valence-electron chi connectivity index (χ0n) is 11.1. The van der Waals surface area contributed by atoms with Gasteiger partial charge in [0.2, 0.25) is 0 Å². The molecule has 19 heavy (non-hydrogen) atoms. The fraction of sp³-hybridized carbons (Fsp3) is 0.235. The molecule has 0 spiro atoms. The van der Waals surface area contributed by atoms with Crippen molar-refractivity contribution in [2.45, 2.75) is 6.42 Å². The topological polar surface area (TPSA) is 21.3 Å². The monoisotopic (exact) mass is 254 g/mol. The van der Waals surface area contributed by atoms with E-state index in [1.807, 2.05) is 18.2 Å². The minimum absolute atomic E-state index is 0.674. The van der Waals surface area contributed by atoms with Crippen LogP contribution in [0.3, 0.4) is 0 Å². The van der Waals surface area contributed by atoms with E-state index in [-0.39, 0.29) is 0 Å². The molecule has 1 N–H and O–H groups in total. The minimum atomic E-state index is 0.674. The van der Waals surface area contributed by atoms with E-state index < -0.39 is 0 Å². The molecule has 2 rings (SSSR count). The maximum atomic E-state index is 5.62. The first-order chi connectivity index (χ1) is 9.38. The highest BCUT2D eigenvalue weighted by atomic mass is 16.5. The Morgan fingerprint density at radius 3 is 2.26 bits per heavy atom. The summed E-state index contributed by atoms with van der Waals surface area (Å²) in [4.78, 5) is 0. The molecule has 0 aromatic heterocycles. The first-order valence-electron chi connectivity index (χ1n) is 6.64. The minimum Gasteiger partial charge on any atom is -0.492 e. The Bertz CT molecular complexity index is 464. The third kappa shape index (κ3) is 4.76. The van der Waals surface area contributed by atoms with Gasteiger partial charge in [-0.05, 0) is 43.1 Å². The number of ether oxygens (including phenoxy) is 1. The fourth-order valence-electron chi connectivity index (χ4n) is 1.90. The molecule has 0 heterocycles. The van der Waals surface area contributed by atoms with Gasteiger partial charge < -0.3 is 10.1 Å². The van der Waals surface area contributed by atoms with Crippen LogP contribution in [0.25, 0.3) is 0 Å². The Kier molecular flexibility index (Phi) is 5.45. The van der Waals surface area contributed by atoms with Gasteiger partial charge in [0.25, 0.3) is 0 Å². The molecule has 0 saturated heterocycles. The zero-order valence-corrected chi connectivity index (χ0v) is 11.1. The van der Waals surface area contributed by atoms with Gasteiger partial charge in [-0.2, -0.15) is 0 Å². The maximum absolute atomic E-state index is 5.62. The van der Waals surface area contributed by atoms with E-state index in [2.05, 4.69) is 48.6 Å². The molecule has 0 saturated carbocycles. The highest BCUT2D eigenvalue weighted by molar-refractivity contribution is 5.31. The molecule has 0 bridgehead atoms. The van der Waals surface area contributed by atoms with Crippen molar-refractivity contribution >= 4 is 0 Å². The molecule has 1 radical (unpaired) electrons. The number of benzene rings is 2. The lowest BCUT2D eigenvalue weighted by Crippen LogP contribution is -2.20. The van der Waals surface area contributed by atoms with Crippen LogP contribution in [0.15, 0.2) is 54.6 Å². The first kappa shape index (κ1) is 13.6. The normalized spacial score (nSPS) is 10.4. The molecule has 2 aromatic carbocycles. The zero-order chi connectivity index (χ0) is 13.3. The quantitative estimate of drug-likeness (QED) is 0.767. The summed E-state index contributed by atoms with van der Waals surface area (Å²) in [5.74, 6) is 0.919. The molecule has 2 aromatic rings.